The summed E-state index contributed by atoms with van der Waals surface area (Å²) >= 11 is 0. The molecule has 0 aromatic heterocycles. The van der Waals surface area contributed by atoms with Crippen LogP contribution in [0.3, 0.4) is 0 Å². The molecule has 0 atom stereocenters. The number of rotatable bonds is 23. The van der Waals surface area contributed by atoms with E-state index in [2.05, 4.69) is 0 Å². The normalized spacial score (nSPS) is 10.9. The fraction of sp³-hybridized carbons (Fsp3) is 0.909. The van der Waals surface area contributed by atoms with Crippen LogP contribution >= 0.6 is 0 Å². The maximum atomic E-state index is 11.6. The van der Waals surface area contributed by atoms with Gasteiger partial charge in [-0.25, -0.2) is 0 Å². The molecule has 8 nitrogen and oxygen atoms in total. The van der Waals surface area contributed by atoms with Gasteiger partial charge in [-0.3, -0.25) is 9.59 Å². The van der Waals surface area contributed by atoms with Crippen molar-refractivity contribution in [1.29, 1.82) is 0 Å². The molecule has 0 saturated carbocycles. The van der Waals surface area contributed by atoms with Crippen molar-refractivity contribution in [3.63, 3.8) is 0 Å². The molecule has 0 amide bonds. The Labute approximate surface area is 181 Å². The SMILES string of the molecule is CCOCCOCCOC(=O)CCCCCCCCC(=O)OCCOCCOCC. The number of hydrogen-bond acceptors (Lipinski definition) is 8. The molecule has 0 aliphatic carbocycles. The average molecular weight is 435 g/mol. The van der Waals surface area contributed by atoms with E-state index in [1.54, 1.807) is 0 Å². The van der Waals surface area contributed by atoms with E-state index >= 15 is 0 Å². The van der Waals surface area contributed by atoms with Gasteiger partial charge in [0.2, 0.25) is 0 Å². The van der Waals surface area contributed by atoms with Crippen LogP contribution in [0.1, 0.15) is 65.2 Å². The minimum atomic E-state index is -0.173. The van der Waals surface area contributed by atoms with E-state index in [1.807, 2.05) is 13.8 Å². The molecule has 0 aromatic carbocycles. The van der Waals surface area contributed by atoms with Gasteiger partial charge in [-0.2, -0.15) is 0 Å². The lowest BCUT2D eigenvalue weighted by molar-refractivity contribution is -0.146. The maximum absolute atomic E-state index is 11.6. The van der Waals surface area contributed by atoms with Gasteiger partial charge in [-0.1, -0.05) is 25.7 Å². The van der Waals surface area contributed by atoms with Crippen LogP contribution in [0.2, 0.25) is 0 Å². The topological polar surface area (TPSA) is 89.5 Å². The Morgan fingerprint density at radius 1 is 0.467 bits per heavy atom. The van der Waals surface area contributed by atoms with E-state index in [0.29, 0.717) is 78.9 Å². The smallest absolute Gasteiger partial charge is 0.305 e. The molecule has 0 spiro atoms. The second-order valence-electron chi connectivity index (χ2n) is 6.68. The van der Waals surface area contributed by atoms with Crippen LogP contribution in [0.15, 0.2) is 0 Å². The lowest BCUT2D eigenvalue weighted by atomic mass is 10.1. The summed E-state index contributed by atoms with van der Waals surface area (Å²) in [4.78, 5) is 23.2. The number of carbonyl (C=O) groups excluding carboxylic acids is 2. The molecule has 0 aliphatic heterocycles. The zero-order chi connectivity index (χ0) is 22.1. The van der Waals surface area contributed by atoms with Gasteiger partial charge in [0.05, 0.1) is 39.6 Å². The Morgan fingerprint density at radius 2 is 0.800 bits per heavy atom. The highest BCUT2D eigenvalue weighted by molar-refractivity contribution is 5.69. The molecule has 0 saturated heterocycles. The van der Waals surface area contributed by atoms with Crippen LogP contribution in [0.25, 0.3) is 0 Å². The Hall–Kier alpha value is -1.22. The highest BCUT2D eigenvalue weighted by atomic mass is 16.6. The molecule has 0 radical (unpaired) electrons. The first-order valence-corrected chi connectivity index (χ1v) is 11.3. The summed E-state index contributed by atoms with van der Waals surface area (Å²) in [5.74, 6) is -0.346. The van der Waals surface area contributed by atoms with Crippen molar-refractivity contribution in [3.05, 3.63) is 0 Å². The third-order valence-corrected chi connectivity index (χ3v) is 4.15. The zero-order valence-electron chi connectivity index (χ0n) is 19.0. The van der Waals surface area contributed by atoms with E-state index in [1.165, 1.54) is 0 Å². The van der Waals surface area contributed by atoms with E-state index in [-0.39, 0.29) is 11.9 Å². The van der Waals surface area contributed by atoms with Crippen LogP contribution in [0, 0.1) is 0 Å². The summed E-state index contributed by atoms with van der Waals surface area (Å²) in [5, 5.41) is 0. The Morgan fingerprint density at radius 3 is 1.20 bits per heavy atom. The molecule has 0 aromatic rings. The fourth-order valence-corrected chi connectivity index (χ4v) is 2.55. The molecule has 0 aliphatic rings. The van der Waals surface area contributed by atoms with Gasteiger partial charge in [0.1, 0.15) is 13.2 Å². The van der Waals surface area contributed by atoms with Gasteiger partial charge >= 0.3 is 11.9 Å². The number of ether oxygens (including phenoxy) is 6. The summed E-state index contributed by atoms with van der Waals surface area (Å²) in [6.45, 7) is 8.79. The van der Waals surface area contributed by atoms with Crippen LogP contribution in [0.5, 0.6) is 0 Å². The molecule has 0 bridgehead atoms. The molecule has 0 rings (SSSR count). The number of unbranched alkanes of at least 4 members (excludes halogenated alkanes) is 5. The molecule has 178 valence electrons. The summed E-state index contributed by atoms with van der Waals surface area (Å²) in [6, 6.07) is 0. The van der Waals surface area contributed by atoms with E-state index < -0.39 is 0 Å². The molecule has 0 fully saturated rings. The first kappa shape index (κ1) is 28.8. The van der Waals surface area contributed by atoms with Gasteiger partial charge in [0.25, 0.3) is 0 Å². The predicted molar refractivity (Wildman–Crippen MR) is 113 cm³/mol. The van der Waals surface area contributed by atoms with Crippen molar-refractivity contribution in [3.8, 4) is 0 Å². The third kappa shape index (κ3) is 23.1. The van der Waals surface area contributed by atoms with E-state index in [0.717, 1.165) is 38.5 Å². The summed E-state index contributed by atoms with van der Waals surface area (Å²) < 4.78 is 31.1. The molecule has 0 unspecified atom stereocenters. The van der Waals surface area contributed by atoms with Crippen molar-refractivity contribution in [2.75, 3.05) is 66.1 Å². The number of hydrogen-bond donors (Lipinski definition) is 0. The minimum Gasteiger partial charge on any atom is -0.463 e. The lowest BCUT2D eigenvalue weighted by Crippen LogP contribution is -2.12. The highest BCUT2D eigenvalue weighted by Gasteiger charge is 2.04. The number of carbonyl (C=O) groups is 2. The van der Waals surface area contributed by atoms with Crippen molar-refractivity contribution in [2.24, 2.45) is 0 Å². The van der Waals surface area contributed by atoms with E-state index in [9.17, 15) is 9.59 Å². The molecule has 0 N–H and O–H groups in total. The molecule has 30 heavy (non-hydrogen) atoms. The van der Waals surface area contributed by atoms with Crippen LogP contribution in [0.4, 0.5) is 0 Å². The van der Waals surface area contributed by atoms with E-state index in [4.69, 9.17) is 28.4 Å². The second-order valence-corrected chi connectivity index (χ2v) is 6.68. The zero-order valence-corrected chi connectivity index (χ0v) is 19.0. The third-order valence-electron chi connectivity index (χ3n) is 4.15. The van der Waals surface area contributed by atoms with Crippen LogP contribution < -0.4 is 0 Å². The molecular formula is C22H42O8. The van der Waals surface area contributed by atoms with Gasteiger partial charge in [0.15, 0.2) is 0 Å². The van der Waals surface area contributed by atoms with Crippen molar-refractivity contribution in [1.82, 2.24) is 0 Å². The first-order chi connectivity index (χ1) is 14.7. The Bertz CT molecular complexity index is 353. The molecular weight excluding hydrogens is 392 g/mol. The maximum Gasteiger partial charge on any atom is 0.305 e. The Balaban J connectivity index is 3.25. The van der Waals surface area contributed by atoms with Gasteiger partial charge in [0, 0.05) is 26.1 Å². The van der Waals surface area contributed by atoms with Crippen molar-refractivity contribution >= 4 is 11.9 Å². The standard InChI is InChI=1S/C22H42O8/c1-3-25-13-15-27-17-19-29-21(23)11-9-7-5-6-8-10-12-22(24)30-20-18-28-16-14-26-4-2/h3-20H2,1-2H3. The van der Waals surface area contributed by atoms with Gasteiger partial charge in [-0.05, 0) is 26.7 Å². The largest absolute Gasteiger partial charge is 0.463 e. The predicted octanol–water partition coefficient (Wildman–Crippen LogP) is 3.30. The number of esters is 2. The summed E-state index contributed by atoms with van der Waals surface area (Å²) in [7, 11) is 0. The van der Waals surface area contributed by atoms with Crippen molar-refractivity contribution < 1.29 is 38.0 Å². The van der Waals surface area contributed by atoms with Gasteiger partial charge in [-0.15, -0.1) is 0 Å². The minimum absolute atomic E-state index is 0.173. The summed E-state index contributed by atoms with van der Waals surface area (Å²) in [5.41, 5.74) is 0. The monoisotopic (exact) mass is 434 g/mol. The van der Waals surface area contributed by atoms with Crippen LogP contribution in [-0.2, 0) is 38.0 Å². The molecule has 8 heteroatoms. The highest BCUT2D eigenvalue weighted by Crippen LogP contribution is 2.09. The van der Waals surface area contributed by atoms with Gasteiger partial charge < -0.3 is 28.4 Å². The lowest BCUT2D eigenvalue weighted by Gasteiger charge is -2.07. The first-order valence-electron chi connectivity index (χ1n) is 11.3. The fourth-order valence-electron chi connectivity index (χ4n) is 2.55. The van der Waals surface area contributed by atoms with Crippen molar-refractivity contribution in [2.45, 2.75) is 65.2 Å². The Kier molecular flexibility index (Phi) is 23.1. The average Bonchev–Trinajstić information content (AvgIpc) is 2.74. The molecule has 0 heterocycles. The summed E-state index contributed by atoms with van der Waals surface area (Å²) in [6.07, 6.45) is 6.63. The quantitative estimate of drug-likeness (QED) is 0.179. The second kappa shape index (κ2) is 24.1. The van der Waals surface area contributed by atoms with Crippen LogP contribution in [-0.4, -0.2) is 78.0 Å².